The molecule has 1 aromatic carbocycles. The Bertz CT molecular complexity index is 621. The SMILES string of the molecule is CCOc1ccc(C=C2SC(=S)N(CC3CCCO3)C2=O)cc1. The molecule has 0 aromatic heterocycles. The van der Waals surface area contributed by atoms with E-state index in [4.69, 9.17) is 21.7 Å². The summed E-state index contributed by atoms with van der Waals surface area (Å²) in [5.74, 6) is 0.806. The highest BCUT2D eigenvalue weighted by molar-refractivity contribution is 8.26. The quantitative estimate of drug-likeness (QED) is 0.601. The highest BCUT2D eigenvalue weighted by Gasteiger charge is 2.34. The molecule has 1 amide bonds. The number of rotatable bonds is 5. The molecule has 0 N–H and O–H groups in total. The molecule has 6 heteroatoms. The first-order valence-electron chi connectivity index (χ1n) is 7.77. The summed E-state index contributed by atoms with van der Waals surface area (Å²) in [5, 5.41) is 0. The molecule has 0 spiro atoms. The van der Waals surface area contributed by atoms with Gasteiger partial charge in [-0.2, -0.15) is 0 Å². The molecule has 2 aliphatic heterocycles. The minimum atomic E-state index is -0.0237. The van der Waals surface area contributed by atoms with Crippen LogP contribution in [-0.4, -0.2) is 41.0 Å². The summed E-state index contributed by atoms with van der Waals surface area (Å²) in [4.78, 5) is 14.9. The third-order valence-corrected chi connectivity index (χ3v) is 5.15. The van der Waals surface area contributed by atoms with E-state index in [1.165, 1.54) is 11.8 Å². The predicted molar refractivity (Wildman–Crippen MR) is 96.5 cm³/mol. The molecule has 2 heterocycles. The predicted octanol–water partition coefficient (Wildman–Crippen LogP) is 3.47. The third-order valence-electron chi connectivity index (χ3n) is 3.77. The lowest BCUT2D eigenvalue weighted by molar-refractivity contribution is -0.123. The van der Waals surface area contributed by atoms with Crippen LogP contribution >= 0.6 is 24.0 Å². The molecule has 1 atom stereocenters. The van der Waals surface area contributed by atoms with Crippen molar-refractivity contribution in [3.8, 4) is 5.75 Å². The van der Waals surface area contributed by atoms with Crippen LogP contribution < -0.4 is 4.74 Å². The van der Waals surface area contributed by atoms with Crippen LogP contribution in [0.1, 0.15) is 25.3 Å². The van der Waals surface area contributed by atoms with Crippen molar-refractivity contribution in [2.75, 3.05) is 19.8 Å². The van der Waals surface area contributed by atoms with Crippen molar-refractivity contribution in [2.45, 2.75) is 25.9 Å². The molecule has 1 aromatic rings. The van der Waals surface area contributed by atoms with Gasteiger partial charge in [0.15, 0.2) is 0 Å². The second-order valence-corrected chi connectivity index (χ2v) is 7.11. The largest absolute Gasteiger partial charge is 0.494 e. The molecule has 2 aliphatic rings. The van der Waals surface area contributed by atoms with Gasteiger partial charge in [0.2, 0.25) is 0 Å². The summed E-state index contributed by atoms with van der Waals surface area (Å²) in [7, 11) is 0. The highest BCUT2D eigenvalue weighted by atomic mass is 32.2. The van der Waals surface area contributed by atoms with Gasteiger partial charge in [-0.15, -0.1) is 0 Å². The number of benzene rings is 1. The smallest absolute Gasteiger partial charge is 0.266 e. The van der Waals surface area contributed by atoms with Crippen LogP contribution in [0.5, 0.6) is 5.75 Å². The first-order valence-corrected chi connectivity index (χ1v) is 8.99. The zero-order chi connectivity index (χ0) is 16.2. The Kier molecular flexibility index (Phi) is 5.35. The molecule has 1 unspecified atom stereocenters. The van der Waals surface area contributed by atoms with E-state index < -0.39 is 0 Å². The number of carbonyl (C=O) groups is 1. The second-order valence-electron chi connectivity index (χ2n) is 5.43. The normalized spacial score (nSPS) is 23.1. The fraction of sp³-hybridized carbons (Fsp3) is 0.412. The summed E-state index contributed by atoms with van der Waals surface area (Å²) in [6.45, 7) is 3.93. The second kappa shape index (κ2) is 7.47. The molecular weight excluding hydrogens is 330 g/mol. The van der Waals surface area contributed by atoms with Gasteiger partial charge in [0, 0.05) is 6.61 Å². The topological polar surface area (TPSA) is 38.8 Å². The summed E-state index contributed by atoms with van der Waals surface area (Å²) in [5.41, 5.74) is 0.964. The van der Waals surface area contributed by atoms with Crippen LogP contribution in [0, 0.1) is 0 Å². The van der Waals surface area contributed by atoms with Gasteiger partial charge < -0.3 is 9.47 Å². The molecule has 23 heavy (non-hydrogen) atoms. The number of amides is 1. The number of thioether (sulfide) groups is 1. The van der Waals surface area contributed by atoms with Crippen molar-refractivity contribution in [1.29, 1.82) is 0 Å². The highest BCUT2D eigenvalue weighted by Crippen LogP contribution is 2.33. The number of nitrogens with zero attached hydrogens (tertiary/aromatic N) is 1. The monoisotopic (exact) mass is 349 g/mol. The van der Waals surface area contributed by atoms with Gasteiger partial charge in [0.25, 0.3) is 5.91 Å². The number of hydrogen-bond acceptors (Lipinski definition) is 5. The number of hydrogen-bond donors (Lipinski definition) is 0. The van der Waals surface area contributed by atoms with Crippen molar-refractivity contribution in [3.05, 3.63) is 34.7 Å². The lowest BCUT2D eigenvalue weighted by atomic mass is 10.2. The van der Waals surface area contributed by atoms with Crippen LogP contribution in [0.15, 0.2) is 29.2 Å². The van der Waals surface area contributed by atoms with Gasteiger partial charge >= 0.3 is 0 Å². The van der Waals surface area contributed by atoms with E-state index in [0.29, 0.717) is 22.4 Å². The van der Waals surface area contributed by atoms with Gasteiger partial charge in [-0.05, 0) is 43.5 Å². The zero-order valence-electron chi connectivity index (χ0n) is 13.0. The molecule has 0 radical (unpaired) electrons. The van der Waals surface area contributed by atoms with Gasteiger partial charge in [0.05, 0.1) is 24.2 Å². The fourth-order valence-corrected chi connectivity index (χ4v) is 3.90. The molecule has 4 nitrogen and oxygen atoms in total. The van der Waals surface area contributed by atoms with Gasteiger partial charge in [0.1, 0.15) is 10.1 Å². The summed E-state index contributed by atoms with van der Waals surface area (Å²) < 4.78 is 11.6. The first-order chi connectivity index (χ1) is 11.2. The first kappa shape index (κ1) is 16.5. The minimum absolute atomic E-state index is 0.0237. The number of carbonyl (C=O) groups excluding carboxylic acids is 1. The average molecular weight is 349 g/mol. The molecular formula is C17H19NO3S2. The number of ether oxygens (including phenoxy) is 2. The Morgan fingerprint density at radius 1 is 1.43 bits per heavy atom. The van der Waals surface area contributed by atoms with Crippen molar-refractivity contribution in [3.63, 3.8) is 0 Å². The van der Waals surface area contributed by atoms with Crippen molar-refractivity contribution in [2.24, 2.45) is 0 Å². The minimum Gasteiger partial charge on any atom is -0.494 e. The van der Waals surface area contributed by atoms with E-state index in [-0.39, 0.29) is 12.0 Å². The molecule has 0 aliphatic carbocycles. The van der Waals surface area contributed by atoms with E-state index in [2.05, 4.69) is 0 Å². The van der Waals surface area contributed by atoms with Crippen molar-refractivity contribution < 1.29 is 14.3 Å². The molecule has 3 rings (SSSR count). The van der Waals surface area contributed by atoms with E-state index in [1.807, 2.05) is 37.3 Å². The van der Waals surface area contributed by atoms with Gasteiger partial charge in [-0.3, -0.25) is 9.69 Å². The Balaban J connectivity index is 1.70. The number of thiocarbonyl (C=S) groups is 1. The van der Waals surface area contributed by atoms with Crippen LogP contribution in [0.4, 0.5) is 0 Å². The van der Waals surface area contributed by atoms with E-state index in [9.17, 15) is 4.79 Å². The molecule has 2 saturated heterocycles. The molecule has 122 valence electrons. The molecule has 2 fully saturated rings. The summed E-state index contributed by atoms with van der Waals surface area (Å²) in [6.07, 6.45) is 4.04. The maximum atomic E-state index is 12.5. The van der Waals surface area contributed by atoms with Crippen LogP contribution in [0.3, 0.4) is 0 Å². The fourth-order valence-electron chi connectivity index (χ4n) is 2.63. The van der Waals surface area contributed by atoms with Gasteiger partial charge in [-0.25, -0.2) is 0 Å². The molecule has 0 bridgehead atoms. The van der Waals surface area contributed by atoms with Crippen molar-refractivity contribution in [1.82, 2.24) is 4.90 Å². The average Bonchev–Trinajstić information content (AvgIpc) is 3.14. The Labute approximate surface area is 145 Å². The Morgan fingerprint density at radius 3 is 2.87 bits per heavy atom. The summed E-state index contributed by atoms with van der Waals surface area (Å²) in [6, 6.07) is 7.69. The molecule has 0 saturated carbocycles. The lowest BCUT2D eigenvalue weighted by Crippen LogP contribution is -2.35. The maximum Gasteiger partial charge on any atom is 0.266 e. The van der Waals surface area contributed by atoms with E-state index >= 15 is 0 Å². The standard InChI is InChI=1S/C17H19NO3S2/c1-2-20-13-7-5-12(6-8-13)10-15-16(19)18(17(22)23-15)11-14-4-3-9-21-14/h5-8,10,14H,2-4,9,11H2,1H3. The van der Waals surface area contributed by atoms with Crippen LogP contribution in [0.25, 0.3) is 6.08 Å². The van der Waals surface area contributed by atoms with E-state index in [1.54, 1.807) is 4.90 Å². The third kappa shape index (κ3) is 3.94. The van der Waals surface area contributed by atoms with Crippen LogP contribution in [-0.2, 0) is 9.53 Å². The Hall–Kier alpha value is -1.37. The van der Waals surface area contributed by atoms with E-state index in [0.717, 1.165) is 30.8 Å². The summed E-state index contributed by atoms with van der Waals surface area (Å²) >= 11 is 6.71. The van der Waals surface area contributed by atoms with Crippen molar-refractivity contribution >= 4 is 40.3 Å². The zero-order valence-corrected chi connectivity index (χ0v) is 14.6. The van der Waals surface area contributed by atoms with Gasteiger partial charge in [-0.1, -0.05) is 36.1 Å². The van der Waals surface area contributed by atoms with Crippen LogP contribution in [0.2, 0.25) is 0 Å². The Morgan fingerprint density at radius 2 is 2.22 bits per heavy atom. The maximum absolute atomic E-state index is 12.5. The lowest BCUT2D eigenvalue weighted by Gasteiger charge is -2.18.